The standard InChI is InChI=1S/C26H27N3OS/c1-17(2)28-26(30)25-24(21-7-3-4-8-23(21)31-25)20-11-13-29(16-20)15-18-9-10-22-19(14-18)6-5-12-27-22/h3-10,12,14,17,20H,11,13,15-16H2,1-2H3,(H,28,30). The van der Waals surface area contributed by atoms with Gasteiger partial charge in [-0.1, -0.05) is 30.3 Å². The van der Waals surface area contributed by atoms with Crippen LogP contribution in [-0.4, -0.2) is 34.9 Å². The highest BCUT2D eigenvalue weighted by Gasteiger charge is 2.30. The second-order valence-corrected chi connectivity index (χ2v) is 9.77. The fraction of sp³-hybridized carbons (Fsp3) is 0.308. The molecule has 2 aromatic heterocycles. The second-order valence-electron chi connectivity index (χ2n) is 8.72. The van der Waals surface area contributed by atoms with Crippen molar-refractivity contribution in [2.75, 3.05) is 13.1 Å². The molecule has 1 unspecified atom stereocenters. The van der Waals surface area contributed by atoms with E-state index in [2.05, 4.69) is 63.7 Å². The van der Waals surface area contributed by atoms with Gasteiger partial charge in [0.2, 0.25) is 0 Å². The van der Waals surface area contributed by atoms with Crippen LogP contribution in [0, 0.1) is 0 Å². The lowest BCUT2D eigenvalue weighted by Crippen LogP contribution is -2.30. The van der Waals surface area contributed by atoms with Crippen molar-refractivity contribution < 1.29 is 4.79 Å². The minimum atomic E-state index is 0.0617. The molecule has 5 heteroatoms. The molecule has 0 saturated carbocycles. The van der Waals surface area contributed by atoms with E-state index in [0.717, 1.165) is 36.4 Å². The number of hydrogen-bond acceptors (Lipinski definition) is 4. The molecule has 0 aliphatic carbocycles. The second kappa shape index (κ2) is 8.40. The van der Waals surface area contributed by atoms with Crippen LogP contribution in [0.5, 0.6) is 0 Å². The number of likely N-dealkylation sites (tertiary alicyclic amines) is 1. The number of fused-ring (bicyclic) bond motifs is 2. The summed E-state index contributed by atoms with van der Waals surface area (Å²) in [5.74, 6) is 0.442. The number of pyridine rings is 1. The molecular weight excluding hydrogens is 402 g/mol. The Morgan fingerprint density at radius 3 is 2.94 bits per heavy atom. The van der Waals surface area contributed by atoms with Crippen molar-refractivity contribution in [3.05, 3.63) is 76.8 Å². The highest BCUT2D eigenvalue weighted by molar-refractivity contribution is 7.21. The number of rotatable bonds is 5. The molecule has 31 heavy (non-hydrogen) atoms. The number of aromatic nitrogens is 1. The van der Waals surface area contributed by atoms with E-state index in [1.54, 1.807) is 11.3 Å². The first kappa shape index (κ1) is 20.2. The van der Waals surface area contributed by atoms with Crippen molar-refractivity contribution in [3.63, 3.8) is 0 Å². The van der Waals surface area contributed by atoms with E-state index in [4.69, 9.17) is 0 Å². The Kier molecular flexibility index (Phi) is 5.47. The molecule has 1 atom stereocenters. The molecule has 1 aliphatic rings. The minimum Gasteiger partial charge on any atom is -0.349 e. The number of benzene rings is 2. The minimum absolute atomic E-state index is 0.0617. The summed E-state index contributed by atoms with van der Waals surface area (Å²) in [5.41, 5.74) is 3.59. The molecular formula is C26H27N3OS. The summed E-state index contributed by atoms with van der Waals surface area (Å²) in [6.07, 6.45) is 2.92. The highest BCUT2D eigenvalue weighted by atomic mass is 32.1. The summed E-state index contributed by atoms with van der Waals surface area (Å²) >= 11 is 1.63. The number of carbonyl (C=O) groups is 1. The van der Waals surface area contributed by atoms with Gasteiger partial charge in [0, 0.05) is 41.3 Å². The molecule has 1 aliphatic heterocycles. The maximum absolute atomic E-state index is 13.0. The van der Waals surface area contributed by atoms with E-state index < -0.39 is 0 Å². The summed E-state index contributed by atoms with van der Waals surface area (Å²) in [5, 5.41) is 5.53. The van der Waals surface area contributed by atoms with Crippen LogP contribution in [0.1, 0.15) is 47.0 Å². The average Bonchev–Trinajstić information content (AvgIpc) is 3.37. The first-order valence-corrected chi connectivity index (χ1v) is 11.8. The lowest BCUT2D eigenvalue weighted by molar-refractivity contribution is 0.0946. The van der Waals surface area contributed by atoms with E-state index >= 15 is 0 Å². The smallest absolute Gasteiger partial charge is 0.261 e. The summed E-state index contributed by atoms with van der Waals surface area (Å²) in [6.45, 7) is 6.98. The fourth-order valence-corrected chi connectivity index (χ4v) is 5.85. The monoisotopic (exact) mass is 429 g/mol. The van der Waals surface area contributed by atoms with E-state index in [9.17, 15) is 4.79 Å². The zero-order valence-corrected chi connectivity index (χ0v) is 18.8. The summed E-state index contributed by atoms with van der Waals surface area (Å²) in [6, 6.07) is 19.2. The lowest BCUT2D eigenvalue weighted by atomic mass is 9.95. The summed E-state index contributed by atoms with van der Waals surface area (Å²) in [7, 11) is 0. The molecule has 1 fully saturated rings. The first-order valence-electron chi connectivity index (χ1n) is 11.0. The number of nitrogens with zero attached hydrogens (tertiary/aromatic N) is 2. The maximum Gasteiger partial charge on any atom is 0.261 e. The molecule has 0 radical (unpaired) electrons. The van der Waals surface area contributed by atoms with Crippen LogP contribution in [0.2, 0.25) is 0 Å². The lowest BCUT2D eigenvalue weighted by Gasteiger charge is -2.17. The van der Waals surface area contributed by atoms with Crippen molar-refractivity contribution >= 4 is 38.2 Å². The van der Waals surface area contributed by atoms with Crippen molar-refractivity contribution in [1.82, 2.24) is 15.2 Å². The topological polar surface area (TPSA) is 45.2 Å². The quantitative estimate of drug-likeness (QED) is 0.451. The zero-order valence-electron chi connectivity index (χ0n) is 18.0. The van der Waals surface area contributed by atoms with Crippen LogP contribution >= 0.6 is 11.3 Å². The Labute approximate surface area is 186 Å². The van der Waals surface area contributed by atoms with Crippen LogP contribution in [-0.2, 0) is 6.54 Å². The Morgan fingerprint density at radius 1 is 1.19 bits per heavy atom. The molecule has 1 amide bonds. The van der Waals surface area contributed by atoms with Crippen LogP contribution in [0.3, 0.4) is 0 Å². The summed E-state index contributed by atoms with van der Waals surface area (Å²) in [4.78, 5) is 20.8. The van der Waals surface area contributed by atoms with Gasteiger partial charge in [0.15, 0.2) is 0 Å². The molecule has 4 nitrogen and oxygen atoms in total. The van der Waals surface area contributed by atoms with E-state index in [1.807, 2.05) is 26.1 Å². The number of hydrogen-bond donors (Lipinski definition) is 1. The predicted octanol–water partition coefficient (Wildman–Crippen LogP) is 5.58. The SMILES string of the molecule is CC(C)NC(=O)c1sc2ccccc2c1C1CCN(Cc2ccc3ncccc3c2)C1. The van der Waals surface area contributed by atoms with Crippen LogP contribution < -0.4 is 5.32 Å². The van der Waals surface area contributed by atoms with Crippen LogP contribution in [0.15, 0.2) is 60.8 Å². The van der Waals surface area contributed by atoms with Gasteiger partial charge in [-0.05, 0) is 67.6 Å². The molecule has 0 spiro atoms. The van der Waals surface area contributed by atoms with Gasteiger partial charge in [0.25, 0.3) is 5.91 Å². The van der Waals surface area contributed by atoms with Gasteiger partial charge in [-0.25, -0.2) is 0 Å². The third-order valence-corrected chi connectivity index (χ3v) is 7.20. The van der Waals surface area contributed by atoms with Crippen molar-refractivity contribution in [1.29, 1.82) is 0 Å². The summed E-state index contributed by atoms with van der Waals surface area (Å²) < 4.78 is 1.20. The first-order chi connectivity index (χ1) is 15.1. The molecule has 158 valence electrons. The number of nitrogens with one attached hydrogen (secondary N) is 1. The normalized spacial score (nSPS) is 17.1. The van der Waals surface area contributed by atoms with Crippen molar-refractivity contribution in [3.8, 4) is 0 Å². The van der Waals surface area contributed by atoms with Gasteiger partial charge < -0.3 is 5.32 Å². The van der Waals surface area contributed by atoms with Gasteiger partial charge in [-0.3, -0.25) is 14.7 Å². The Morgan fingerprint density at radius 2 is 2.06 bits per heavy atom. The zero-order chi connectivity index (χ0) is 21.4. The largest absolute Gasteiger partial charge is 0.349 e. The van der Waals surface area contributed by atoms with Crippen LogP contribution in [0.25, 0.3) is 21.0 Å². The highest BCUT2D eigenvalue weighted by Crippen LogP contribution is 2.40. The van der Waals surface area contributed by atoms with Gasteiger partial charge in [0.05, 0.1) is 10.4 Å². The molecule has 2 aromatic carbocycles. The van der Waals surface area contributed by atoms with Crippen molar-refractivity contribution in [2.45, 2.75) is 38.8 Å². The third kappa shape index (κ3) is 4.08. The number of thiophene rings is 1. The van der Waals surface area contributed by atoms with E-state index in [1.165, 1.54) is 26.6 Å². The fourth-order valence-electron chi connectivity index (χ4n) is 4.66. The van der Waals surface area contributed by atoms with Crippen molar-refractivity contribution in [2.24, 2.45) is 0 Å². The van der Waals surface area contributed by atoms with Gasteiger partial charge in [0.1, 0.15) is 0 Å². The van der Waals surface area contributed by atoms with Gasteiger partial charge >= 0.3 is 0 Å². The van der Waals surface area contributed by atoms with Gasteiger partial charge in [-0.2, -0.15) is 0 Å². The van der Waals surface area contributed by atoms with E-state index in [0.29, 0.717) is 5.92 Å². The molecule has 5 rings (SSSR count). The molecule has 0 bridgehead atoms. The molecule has 3 heterocycles. The van der Waals surface area contributed by atoms with E-state index in [-0.39, 0.29) is 11.9 Å². The third-order valence-electron chi connectivity index (χ3n) is 6.01. The molecule has 1 saturated heterocycles. The number of carbonyl (C=O) groups excluding carboxylic acids is 1. The molecule has 1 N–H and O–H groups in total. The average molecular weight is 430 g/mol. The van der Waals surface area contributed by atoms with Gasteiger partial charge in [-0.15, -0.1) is 11.3 Å². The number of amides is 1. The Hall–Kier alpha value is -2.76. The molecule has 4 aromatic rings. The maximum atomic E-state index is 13.0. The predicted molar refractivity (Wildman–Crippen MR) is 129 cm³/mol. The Bertz CT molecular complexity index is 1250. The van der Waals surface area contributed by atoms with Crippen LogP contribution in [0.4, 0.5) is 0 Å². The Balaban J connectivity index is 1.40.